The Morgan fingerprint density at radius 2 is 1.90 bits per heavy atom. The van der Waals surface area contributed by atoms with Crippen molar-refractivity contribution in [1.29, 1.82) is 0 Å². The highest BCUT2D eigenvalue weighted by Crippen LogP contribution is 2.32. The maximum atomic E-state index is 5.85. The standard InChI is InChI=1S/C15H12Br2ClNO/c1-2-20-15-10(7-11(16)8-14(15)17)9-19-13-5-3-12(18)4-6-13/h3-9H,2H2,1H3. The molecular weight excluding hydrogens is 405 g/mol. The lowest BCUT2D eigenvalue weighted by Gasteiger charge is -2.10. The van der Waals surface area contributed by atoms with E-state index in [1.807, 2.05) is 43.3 Å². The van der Waals surface area contributed by atoms with E-state index in [-0.39, 0.29) is 0 Å². The smallest absolute Gasteiger partial charge is 0.142 e. The van der Waals surface area contributed by atoms with Gasteiger partial charge < -0.3 is 4.74 Å². The summed E-state index contributed by atoms with van der Waals surface area (Å²) in [5.74, 6) is 0.786. The Bertz CT molecular complexity index is 627. The maximum absolute atomic E-state index is 5.85. The molecule has 2 aromatic carbocycles. The zero-order chi connectivity index (χ0) is 14.5. The Balaban J connectivity index is 2.34. The van der Waals surface area contributed by atoms with E-state index in [9.17, 15) is 0 Å². The van der Waals surface area contributed by atoms with E-state index in [0.29, 0.717) is 11.6 Å². The van der Waals surface area contributed by atoms with Crippen LogP contribution in [0.2, 0.25) is 5.02 Å². The van der Waals surface area contributed by atoms with Crippen molar-refractivity contribution < 1.29 is 4.74 Å². The Morgan fingerprint density at radius 3 is 2.55 bits per heavy atom. The van der Waals surface area contributed by atoms with Crippen LogP contribution in [0, 0.1) is 0 Å². The largest absolute Gasteiger partial charge is 0.492 e. The molecule has 2 nitrogen and oxygen atoms in total. The summed E-state index contributed by atoms with van der Waals surface area (Å²) in [7, 11) is 0. The van der Waals surface area contributed by atoms with Crippen LogP contribution in [0.4, 0.5) is 5.69 Å². The molecule has 0 aliphatic carbocycles. The van der Waals surface area contributed by atoms with E-state index < -0.39 is 0 Å². The minimum atomic E-state index is 0.599. The van der Waals surface area contributed by atoms with Crippen molar-refractivity contribution in [3.8, 4) is 5.75 Å². The highest BCUT2D eigenvalue weighted by molar-refractivity contribution is 9.11. The predicted molar refractivity (Wildman–Crippen MR) is 91.7 cm³/mol. The molecule has 2 aromatic rings. The van der Waals surface area contributed by atoms with Crippen molar-refractivity contribution in [3.05, 3.63) is 55.9 Å². The van der Waals surface area contributed by atoms with Crippen LogP contribution >= 0.6 is 43.5 Å². The van der Waals surface area contributed by atoms with Crippen molar-refractivity contribution in [3.63, 3.8) is 0 Å². The molecule has 0 saturated carbocycles. The van der Waals surface area contributed by atoms with E-state index in [2.05, 4.69) is 36.9 Å². The molecule has 0 N–H and O–H groups in total. The lowest BCUT2D eigenvalue weighted by atomic mass is 10.2. The molecule has 20 heavy (non-hydrogen) atoms. The van der Waals surface area contributed by atoms with E-state index in [1.54, 1.807) is 6.21 Å². The van der Waals surface area contributed by atoms with E-state index >= 15 is 0 Å². The molecule has 0 atom stereocenters. The first-order valence-electron chi connectivity index (χ1n) is 6.01. The second kappa shape index (κ2) is 7.25. The molecule has 0 amide bonds. The third-order valence-corrected chi connectivity index (χ3v) is 3.80. The summed E-state index contributed by atoms with van der Waals surface area (Å²) < 4.78 is 7.51. The molecule has 0 spiro atoms. The minimum absolute atomic E-state index is 0.599. The van der Waals surface area contributed by atoms with Gasteiger partial charge in [-0.3, -0.25) is 4.99 Å². The van der Waals surface area contributed by atoms with Crippen LogP contribution in [0.3, 0.4) is 0 Å². The quantitative estimate of drug-likeness (QED) is 0.558. The van der Waals surface area contributed by atoms with Crippen molar-refractivity contribution >= 4 is 55.4 Å². The van der Waals surface area contributed by atoms with Gasteiger partial charge >= 0.3 is 0 Å². The predicted octanol–water partition coefficient (Wildman–Crippen LogP) is 6.01. The highest BCUT2D eigenvalue weighted by atomic mass is 79.9. The van der Waals surface area contributed by atoms with E-state index in [4.69, 9.17) is 16.3 Å². The number of halogens is 3. The van der Waals surface area contributed by atoms with Gasteiger partial charge in [-0.05, 0) is 59.3 Å². The van der Waals surface area contributed by atoms with Gasteiger partial charge in [-0.15, -0.1) is 0 Å². The second-order valence-corrected chi connectivity index (χ2v) is 6.18. The lowest BCUT2D eigenvalue weighted by Crippen LogP contribution is -1.97. The molecule has 2 rings (SSSR count). The molecule has 0 bridgehead atoms. The SMILES string of the molecule is CCOc1c(Br)cc(Br)cc1C=Nc1ccc(Cl)cc1. The van der Waals surface area contributed by atoms with Crippen LogP contribution in [0.1, 0.15) is 12.5 Å². The number of benzene rings is 2. The molecule has 0 unspecified atom stereocenters. The summed E-state index contributed by atoms with van der Waals surface area (Å²) in [5.41, 5.74) is 1.75. The molecule has 0 saturated heterocycles. The average Bonchev–Trinajstić information content (AvgIpc) is 2.41. The third-order valence-electron chi connectivity index (χ3n) is 2.51. The monoisotopic (exact) mass is 415 g/mol. The minimum Gasteiger partial charge on any atom is -0.492 e. The number of nitrogens with zero attached hydrogens (tertiary/aromatic N) is 1. The first-order valence-corrected chi connectivity index (χ1v) is 7.98. The molecule has 0 fully saturated rings. The molecule has 104 valence electrons. The van der Waals surface area contributed by atoms with Gasteiger partial charge in [0.2, 0.25) is 0 Å². The maximum Gasteiger partial charge on any atom is 0.142 e. The molecule has 0 radical (unpaired) electrons. The van der Waals surface area contributed by atoms with E-state index in [1.165, 1.54) is 0 Å². The molecule has 5 heteroatoms. The molecule has 0 heterocycles. The zero-order valence-electron chi connectivity index (χ0n) is 10.7. The summed E-state index contributed by atoms with van der Waals surface area (Å²) in [6, 6.07) is 11.3. The summed E-state index contributed by atoms with van der Waals surface area (Å²) in [4.78, 5) is 4.44. The summed E-state index contributed by atoms with van der Waals surface area (Å²) in [6.07, 6.45) is 1.78. The topological polar surface area (TPSA) is 21.6 Å². The zero-order valence-corrected chi connectivity index (χ0v) is 14.7. The van der Waals surface area contributed by atoms with Crippen molar-refractivity contribution in [1.82, 2.24) is 0 Å². The highest BCUT2D eigenvalue weighted by Gasteiger charge is 2.08. The Labute approximate surface area is 140 Å². The van der Waals surface area contributed by atoms with Gasteiger partial charge in [-0.1, -0.05) is 27.5 Å². The van der Waals surface area contributed by atoms with Gasteiger partial charge in [0, 0.05) is 21.3 Å². The van der Waals surface area contributed by atoms with E-state index in [0.717, 1.165) is 25.9 Å². The third kappa shape index (κ3) is 4.08. The molecule has 0 aliphatic heterocycles. The van der Waals surface area contributed by atoms with Crippen molar-refractivity contribution in [2.75, 3.05) is 6.61 Å². The number of hydrogen-bond acceptors (Lipinski definition) is 2. The van der Waals surface area contributed by atoms with Crippen LogP contribution in [-0.4, -0.2) is 12.8 Å². The number of hydrogen-bond donors (Lipinski definition) is 0. The lowest BCUT2D eigenvalue weighted by molar-refractivity contribution is 0.337. The summed E-state index contributed by atoms with van der Waals surface area (Å²) in [6.45, 7) is 2.55. The van der Waals surface area contributed by atoms with Gasteiger partial charge in [0.05, 0.1) is 16.8 Å². The van der Waals surface area contributed by atoms with Gasteiger partial charge in [-0.2, -0.15) is 0 Å². The van der Waals surface area contributed by atoms with Gasteiger partial charge in [0.25, 0.3) is 0 Å². The van der Waals surface area contributed by atoms with Gasteiger partial charge in [0.15, 0.2) is 0 Å². The van der Waals surface area contributed by atoms with Crippen LogP contribution in [0.25, 0.3) is 0 Å². The fourth-order valence-corrected chi connectivity index (χ4v) is 3.14. The molecule has 0 aromatic heterocycles. The summed E-state index contributed by atoms with van der Waals surface area (Å²) >= 11 is 12.8. The fourth-order valence-electron chi connectivity index (χ4n) is 1.64. The second-order valence-electron chi connectivity index (χ2n) is 3.97. The molecule has 0 aliphatic rings. The first kappa shape index (κ1) is 15.5. The average molecular weight is 418 g/mol. The van der Waals surface area contributed by atoms with Crippen LogP contribution < -0.4 is 4.74 Å². The van der Waals surface area contributed by atoms with Gasteiger partial charge in [0.1, 0.15) is 5.75 Å². The Kier molecular flexibility index (Phi) is 5.64. The number of rotatable bonds is 4. The Hall–Kier alpha value is -0.840. The normalized spacial score (nSPS) is 11.0. The van der Waals surface area contributed by atoms with Crippen LogP contribution in [0.5, 0.6) is 5.75 Å². The van der Waals surface area contributed by atoms with Crippen molar-refractivity contribution in [2.45, 2.75) is 6.92 Å². The number of aliphatic imine (C=N–C) groups is 1. The fraction of sp³-hybridized carbons (Fsp3) is 0.133. The van der Waals surface area contributed by atoms with Gasteiger partial charge in [-0.25, -0.2) is 0 Å². The Morgan fingerprint density at radius 1 is 1.20 bits per heavy atom. The number of ether oxygens (including phenoxy) is 1. The summed E-state index contributed by atoms with van der Waals surface area (Å²) in [5, 5.41) is 0.698. The van der Waals surface area contributed by atoms with Crippen LogP contribution in [-0.2, 0) is 0 Å². The first-order chi connectivity index (χ1) is 9.60. The van der Waals surface area contributed by atoms with Crippen molar-refractivity contribution in [2.24, 2.45) is 4.99 Å². The molecular formula is C15H12Br2ClNO. The van der Waals surface area contributed by atoms with Crippen LogP contribution in [0.15, 0.2) is 50.3 Å².